The third-order valence-corrected chi connectivity index (χ3v) is 8.16. The Morgan fingerprint density at radius 3 is 2.19 bits per heavy atom. The van der Waals surface area contributed by atoms with Gasteiger partial charge in [-0.05, 0) is 37.0 Å². The number of nitrogens with zero attached hydrogens (tertiary/aromatic N) is 5. The Hall–Kier alpha value is -3.61. The molecule has 1 aliphatic carbocycles. The third kappa shape index (κ3) is 6.40. The quantitative estimate of drug-likeness (QED) is 0.306. The van der Waals surface area contributed by atoms with E-state index < -0.39 is 12.0 Å². The first-order valence-electron chi connectivity index (χ1n) is 12.0. The smallest absolute Gasteiger partial charge is 0.259 e. The molecule has 1 unspecified atom stereocenters. The standard InChI is InChI=1S/C25H25N7O3S2/c33-19(14-18-11-4-5-12-26-18)27-24-31-29-22(36-24)16-9-6-10-17(13-16)23-30-32-25(37-23)28-21(35)20(34)15-7-2-1-3-8-15/h1-5,7-8,11-12,16-17,20,34H,6,9-10,13-14H2,(H,27,31,33)(H,28,32,35)/t16-,17-,20?/m0/s1. The van der Waals surface area contributed by atoms with E-state index in [0.717, 1.165) is 35.7 Å². The molecule has 0 bridgehead atoms. The van der Waals surface area contributed by atoms with Crippen molar-refractivity contribution in [2.45, 2.75) is 50.0 Å². The maximum absolute atomic E-state index is 12.4. The van der Waals surface area contributed by atoms with E-state index in [4.69, 9.17) is 0 Å². The number of pyridine rings is 1. The minimum Gasteiger partial charge on any atom is -0.378 e. The predicted molar refractivity (Wildman–Crippen MR) is 140 cm³/mol. The summed E-state index contributed by atoms with van der Waals surface area (Å²) in [4.78, 5) is 29.0. The number of rotatable bonds is 8. The Bertz CT molecular complexity index is 1350. The lowest BCUT2D eigenvalue weighted by Crippen LogP contribution is -2.20. The van der Waals surface area contributed by atoms with Crippen LogP contribution in [0.15, 0.2) is 54.7 Å². The zero-order chi connectivity index (χ0) is 25.6. The van der Waals surface area contributed by atoms with Crippen LogP contribution in [0, 0.1) is 0 Å². The van der Waals surface area contributed by atoms with E-state index in [1.165, 1.54) is 22.7 Å². The lowest BCUT2D eigenvalue weighted by atomic mass is 9.82. The number of anilines is 2. The van der Waals surface area contributed by atoms with Gasteiger partial charge in [-0.2, -0.15) is 0 Å². The van der Waals surface area contributed by atoms with Crippen LogP contribution >= 0.6 is 22.7 Å². The Kier molecular flexibility index (Phi) is 7.87. The van der Waals surface area contributed by atoms with Crippen LogP contribution in [0.25, 0.3) is 0 Å². The lowest BCUT2D eigenvalue weighted by Gasteiger charge is -2.25. The van der Waals surface area contributed by atoms with Crippen LogP contribution in [0.3, 0.4) is 0 Å². The van der Waals surface area contributed by atoms with E-state index in [1.807, 2.05) is 24.3 Å². The van der Waals surface area contributed by atoms with Crippen LogP contribution in [0.5, 0.6) is 0 Å². The largest absolute Gasteiger partial charge is 0.378 e. The number of nitrogens with one attached hydrogen (secondary N) is 2. The number of benzene rings is 1. The van der Waals surface area contributed by atoms with Crippen LogP contribution in [0.1, 0.15) is 64.9 Å². The van der Waals surface area contributed by atoms with E-state index >= 15 is 0 Å². The zero-order valence-electron chi connectivity index (χ0n) is 19.8. The lowest BCUT2D eigenvalue weighted by molar-refractivity contribution is -0.124. The summed E-state index contributed by atoms with van der Waals surface area (Å²) in [6.45, 7) is 0. The van der Waals surface area contributed by atoms with Gasteiger partial charge in [0.05, 0.1) is 6.42 Å². The van der Waals surface area contributed by atoms with Gasteiger partial charge >= 0.3 is 0 Å². The Morgan fingerprint density at radius 1 is 0.892 bits per heavy atom. The van der Waals surface area contributed by atoms with Crippen LogP contribution < -0.4 is 10.6 Å². The molecule has 12 heteroatoms. The summed E-state index contributed by atoms with van der Waals surface area (Å²) < 4.78 is 0. The minimum atomic E-state index is -1.27. The number of aliphatic hydroxyl groups is 1. The molecule has 3 heterocycles. The molecule has 3 N–H and O–H groups in total. The van der Waals surface area contributed by atoms with Gasteiger partial charge < -0.3 is 10.4 Å². The van der Waals surface area contributed by atoms with E-state index in [-0.39, 0.29) is 24.2 Å². The second kappa shape index (κ2) is 11.6. The van der Waals surface area contributed by atoms with Gasteiger partial charge in [-0.15, -0.1) is 20.4 Å². The fraction of sp³-hybridized carbons (Fsp3) is 0.320. The Labute approximate surface area is 221 Å². The highest BCUT2D eigenvalue weighted by Gasteiger charge is 2.30. The van der Waals surface area contributed by atoms with E-state index in [1.54, 1.807) is 30.5 Å². The van der Waals surface area contributed by atoms with Crippen molar-refractivity contribution in [3.63, 3.8) is 0 Å². The second-order valence-corrected chi connectivity index (χ2v) is 10.8. The van der Waals surface area contributed by atoms with Crippen LogP contribution in [-0.2, 0) is 16.0 Å². The second-order valence-electron chi connectivity index (χ2n) is 8.80. The highest BCUT2D eigenvalue weighted by Crippen LogP contribution is 2.43. The predicted octanol–water partition coefficient (Wildman–Crippen LogP) is 4.08. The summed E-state index contributed by atoms with van der Waals surface area (Å²) >= 11 is 2.73. The van der Waals surface area contributed by atoms with Gasteiger partial charge in [0.15, 0.2) is 6.10 Å². The molecule has 1 aliphatic rings. The molecule has 3 atom stereocenters. The molecular formula is C25H25N7O3S2. The number of aromatic nitrogens is 5. The zero-order valence-corrected chi connectivity index (χ0v) is 21.4. The number of aliphatic hydroxyl groups excluding tert-OH is 1. The highest BCUT2D eigenvalue weighted by molar-refractivity contribution is 7.15. The summed E-state index contributed by atoms with van der Waals surface area (Å²) in [6, 6.07) is 14.2. The van der Waals surface area contributed by atoms with E-state index in [0.29, 0.717) is 21.5 Å². The Morgan fingerprint density at radius 2 is 1.54 bits per heavy atom. The van der Waals surface area contributed by atoms with Crippen molar-refractivity contribution in [3.8, 4) is 0 Å². The molecule has 1 aromatic carbocycles. The molecule has 0 radical (unpaired) electrons. The maximum Gasteiger partial charge on any atom is 0.259 e. The monoisotopic (exact) mass is 535 g/mol. The Balaban J connectivity index is 1.17. The SMILES string of the molecule is O=C(Cc1ccccn1)Nc1nnc([C@H]2CCC[C@H](c3nnc(NC(=O)C(O)c4ccccc4)s3)C2)s1. The van der Waals surface area contributed by atoms with Gasteiger partial charge in [-0.1, -0.05) is 65.5 Å². The fourth-order valence-corrected chi connectivity index (χ4v) is 6.13. The maximum atomic E-state index is 12.4. The molecule has 1 fully saturated rings. The molecule has 4 aromatic rings. The van der Waals surface area contributed by atoms with Crippen molar-refractivity contribution < 1.29 is 14.7 Å². The van der Waals surface area contributed by atoms with E-state index in [9.17, 15) is 14.7 Å². The van der Waals surface area contributed by atoms with Crippen molar-refractivity contribution in [2.75, 3.05) is 10.6 Å². The molecule has 37 heavy (non-hydrogen) atoms. The first kappa shape index (κ1) is 25.1. The molecule has 10 nitrogen and oxygen atoms in total. The highest BCUT2D eigenvalue weighted by atomic mass is 32.1. The molecule has 0 spiro atoms. The number of carbonyl (C=O) groups is 2. The summed E-state index contributed by atoms with van der Waals surface area (Å²) in [6.07, 6.45) is 4.37. The first-order chi connectivity index (χ1) is 18.0. The van der Waals surface area contributed by atoms with Gasteiger partial charge in [0.1, 0.15) is 10.0 Å². The summed E-state index contributed by atoms with van der Waals surface area (Å²) in [5.74, 6) is -0.322. The molecule has 3 aromatic heterocycles. The van der Waals surface area contributed by atoms with Crippen LogP contribution in [0.4, 0.5) is 10.3 Å². The van der Waals surface area contributed by atoms with Crippen molar-refractivity contribution >= 4 is 44.8 Å². The first-order valence-corrected chi connectivity index (χ1v) is 13.6. The molecule has 2 amide bonds. The summed E-state index contributed by atoms with van der Waals surface area (Å²) in [5, 5.41) is 35.3. The van der Waals surface area contributed by atoms with E-state index in [2.05, 4.69) is 36.0 Å². The fourth-order valence-electron chi connectivity index (χ4n) is 4.33. The van der Waals surface area contributed by atoms with Gasteiger partial charge in [0.2, 0.25) is 16.2 Å². The molecule has 5 rings (SSSR count). The minimum absolute atomic E-state index is 0.177. The average molecular weight is 536 g/mol. The molecular weight excluding hydrogens is 510 g/mol. The average Bonchev–Trinajstić information content (AvgIpc) is 3.59. The van der Waals surface area contributed by atoms with Crippen molar-refractivity contribution in [1.82, 2.24) is 25.4 Å². The van der Waals surface area contributed by atoms with Gasteiger partial charge in [0.25, 0.3) is 5.91 Å². The normalized spacial score (nSPS) is 18.2. The summed E-state index contributed by atoms with van der Waals surface area (Å²) in [5.41, 5.74) is 1.21. The van der Waals surface area contributed by atoms with Crippen molar-refractivity contribution in [1.29, 1.82) is 0 Å². The van der Waals surface area contributed by atoms with Gasteiger partial charge in [-0.3, -0.25) is 19.9 Å². The third-order valence-electron chi connectivity index (χ3n) is 6.16. The van der Waals surface area contributed by atoms with Crippen LogP contribution in [0.2, 0.25) is 0 Å². The number of hydrogen-bond donors (Lipinski definition) is 3. The molecule has 0 aliphatic heterocycles. The van der Waals surface area contributed by atoms with Crippen molar-refractivity contribution in [2.24, 2.45) is 0 Å². The van der Waals surface area contributed by atoms with Crippen molar-refractivity contribution in [3.05, 3.63) is 76.0 Å². The number of carbonyl (C=O) groups excluding carboxylic acids is 2. The van der Waals surface area contributed by atoms with Gasteiger partial charge in [-0.25, -0.2) is 0 Å². The molecule has 190 valence electrons. The number of hydrogen-bond acceptors (Lipinski definition) is 10. The van der Waals surface area contributed by atoms with Gasteiger partial charge in [0, 0.05) is 23.7 Å². The number of amides is 2. The van der Waals surface area contributed by atoms with Crippen LogP contribution in [-0.4, -0.2) is 42.3 Å². The topological polar surface area (TPSA) is 143 Å². The molecule has 0 saturated heterocycles. The summed E-state index contributed by atoms with van der Waals surface area (Å²) in [7, 11) is 0. The molecule has 1 saturated carbocycles.